The number of amides is 1. The quantitative estimate of drug-likeness (QED) is 0.869. The van der Waals surface area contributed by atoms with E-state index in [2.05, 4.69) is 20.9 Å². The zero-order chi connectivity index (χ0) is 16.5. The van der Waals surface area contributed by atoms with Gasteiger partial charge in [0.25, 0.3) is 5.91 Å². The molecular formula is C17H22ClN5O2. The van der Waals surface area contributed by atoms with Crippen LogP contribution in [-0.2, 0) is 0 Å². The van der Waals surface area contributed by atoms with Gasteiger partial charge in [-0.1, -0.05) is 23.4 Å². The van der Waals surface area contributed by atoms with Crippen molar-refractivity contribution in [1.29, 1.82) is 0 Å². The summed E-state index contributed by atoms with van der Waals surface area (Å²) in [7, 11) is 0. The van der Waals surface area contributed by atoms with E-state index in [-0.39, 0.29) is 24.4 Å². The molecule has 2 aliphatic heterocycles. The van der Waals surface area contributed by atoms with Crippen LogP contribution in [0, 0.1) is 6.92 Å². The van der Waals surface area contributed by atoms with Gasteiger partial charge in [-0.2, -0.15) is 0 Å². The number of piperidine rings is 1. The molecule has 2 N–H and O–H groups in total. The predicted molar refractivity (Wildman–Crippen MR) is 95.3 cm³/mol. The summed E-state index contributed by atoms with van der Waals surface area (Å²) < 4.78 is 7.51. The third-order valence-corrected chi connectivity index (χ3v) is 4.80. The first kappa shape index (κ1) is 17.7. The summed E-state index contributed by atoms with van der Waals surface area (Å²) in [5, 5.41) is 14.7. The van der Waals surface area contributed by atoms with Gasteiger partial charge in [0.05, 0.1) is 17.8 Å². The lowest BCUT2D eigenvalue weighted by Crippen LogP contribution is -2.31. The molecule has 1 unspecified atom stereocenters. The van der Waals surface area contributed by atoms with Crippen molar-refractivity contribution in [3.05, 3.63) is 41.2 Å². The van der Waals surface area contributed by atoms with Crippen LogP contribution in [0.4, 0.5) is 0 Å². The number of hydrogen-bond acceptors (Lipinski definition) is 5. The fourth-order valence-corrected chi connectivity index (χ4v) is 3.46. The normalized spacial score (nSPS) is 19.6. The second kappa shape index (κ2) is 7.41. The molecule has 7 nitrogen and oxygen atoms in total. The first-order valence-electron chi connectivity index (χ1n) is 8.39. The zero-order valence-corrected chi connectivity index (χ0v) is 14.9. The Balaban J connectivity index is 0.00000182. The number of benzene rings is 1. The van der Waals surface area contributed by atoms with Crippen LogP contribution in [0.25, 0.3) is 0 Å². The summed E-state index contributed by atoms with van der Waals surface area (Å²) in [6.07, 6.45) is 2.02. The predicted octanol–water partition coefficient (Wildman–Crippen LogP) is 1.80. The Hall–Kier alpha value is -2.12. The lowest BCUT2D eigenvalue weighted by molar-refractivity contribution is 0.0924. The van der Waals surface area contributed by atoms with Gasteiger partial charge in [-0.15, -0.1) is 17.5 Å². The van der Waals surface area contributed by atoms with Crippen LogP contribution in [0.3, 0.4) is 0 Å². The number of carbonyl (C=O) groups is 1. The van der Waals surface area contributed by atoms with Crippen LogP contribution in [-0.4, -0.2) is 40.6 Å². The topological polar surface area (TPSA) is 81.1 Å². The third-order valence-electron chi connectivity index (χ3n) is 4.80. The number of halogens is 1. The highest BCUT2D eigenvalue weighted by atomic mass is 35.5. The standard InChI is InChI=1S/C17H21N5O2.ClH/c1-11-16(20-21-22(11)12-6-8-18-9-7-12)17(23)19-14-10-24-15-5-3-2-4-13(14)15;/h2-5,12,14,18H,6-10H2,1H3,(H,19,23);1H. The molecule has 1 atom stereocenters. The van der Waals surface area contributed by atoms with Gasteiger partial charge >= 0.3 is 0 Å². The Bertz CT molecular complexity index is 757. The molecule has 1 aromatic heterocycles. The van der Waals surface area contributed by atoms with Crippen molar-refractivity contribution in [2.24, 2.45) is 0 Å². The lowest BCUT2D eigenvalue weighted by Gasteiger charge is -2.23. The molecule has 25 heavy (non-hydrogen) atoms. The highest BCUT2D eigenvalue weighted by Crippen LogP contribution is 2.31. The summed E-state index contributed by atoms with van der Waals surface area (Å²) >= 11 is 0. The number of hydrogen-bond donors (Lipinski definition) is 2. The van der Waals surface area contributed by atoms with Crippen molar-refractivity contribution in [2.75, 3.05) is 19.7 Å². The van der Waals surface area contributed by atoms with E-state index in [9.17, 15) is 4.79 Å². The van der Waals surface area contributed by atoms with E-state index in [0.717, 1.165) is 42.9 Å². The summed E-state index contributed by atoms with van der Waals surface area (Å²) in [6.45, 7) is 4.31. The molecule has 8 heteroatoms. The maximum Gasteiger partial charge on any atom is 0.274 e. The van der Waals surface area contributed by atoms with Crippen LogP contribution < -0.4 is 15.4 Å². The summed E-state index contributed by atoms with van der Waals surface area (Å²) in [4.78, 5) is 12.6. The molecule has 0 radical (unpaired) electrons. The maximum atomic E-state index is 12.6. The number of ether oxygens (including phenoxy) is 1. The van der Waals surface area contributed by atoms with Crippen LogP contribution in [0.5, 0.6) is 5.75 Å². The summed E-state index contributed by atoms with van der Waals surface area (Å²) in [5.41, 5.74) is 2.23. The maximum absolute atomic E-state index is 12.6. The van der Waals surface area contributed by atoms with Crippen LogP contribution in [0.2, 0.25) is 0 Å². The molecular weight excluding hydrogens is 342 g/mol. The van der Waals surface area contributed by atoms with Crippen LogP contribution in [0.1, 0.15) is 46.7 Å². The Labute approximate surface area is 152 Å². The van der Waals surface area contributed by atoms with E-state index in [1.54, 1.807) is 0 Å². The molecule has 3 heterocycles. The molecule has 1 saturated heterocycles. The lowest BCUT2D eigenvalue weighted by atomic mass is 10.1. The second-order valence-corrected chi connectivity index (χ2v) is 6.32. The van der Waals surface area contributed by atoms with Gasteiger partial charge in [0.15, 0.2) is 5.69 Å². The smallest absolute Gasteiger partial charge is 0.274 e. The van der Waals surface area contributed by atoms with Gasteiger partial charge in [-0.05, 0) is 38.9 Å². The molecule has 1 fully saturated rings. The third kappa shape index (κ3) is 3.34. The number of rotatable bonds is 3. The molecule has 0 spiro atoms. The van der Waals surface area contributed by atoms with E-state index in [0.29, 0.717) is 18.3 Å². The first-order valence-corrected chi connectivity index (χ1v) is 8.39. The number of carbonyl (C=O) groups excluding carboxylic acids is 1. The number of aromatic nitrogens is 3. The van der Waals surface area contributed by atoms with Gasteiger partial charge in [0, 0.05) is 5.56 Å². The molecule has 2 aromatic rings. The van der Waals surface area contributed by atoms with Crippen molar-refractivity contribution in [2.45, 2.75) is 31.8 Å². The average Bonchev–Trinajstić information content (AvgIpc) is 3.20. The first-order chi connectivity index (χ1) is 11.7. The Morgan fingerprint density at radius 1 is 1.32 bits per heavy atom. The monoisotopic (exact) mass is 363 g/mol. The molecule has 1 amide bonds. The van der Waals surface area contributed by atoms with Gasteiger partial charge in [-0.3, -0.25) is 4.79 Å². The molecule has 2 aliphatic rings. The number of fused-ring (bicyclic) bond motifs is 1. The van der Waals surface area contributed by atoms with Crippen molar-refractivity contribution < 1.29 is 9.53 Å². The average molecular weight is 364 g/mol. The summed E-state index contributed by atoms with van der Waals surface area (Å²) in [6, 6.07) is 7.95. The number of nitrogens with one attached hydrogen (secondary N) is 2. The van der Waals surface area contributed by atoms with E-state index in [1.165, 1.54) is 0 Å². The summed E-state index contributed by atoms with van der Waals surface area (Å²) in [5.74, 6) is 0.635. The Morgan fingerprint density at radius 3 is 2.88 bits per heavy atom. The van der Waals surface area contributed by atoms with Gasteiger partial charge < -0.3 is 15.4 Å². The largest absolute Gasteiger partial charge is 0.491 e. The molecule has 4 rings (SSSR count). The van der Waals surface area contributed by atoms with Crippen molar-refractivity contribution in [1.82, 2.24) is 25.6 Å². The molecule has 0 bridgehead atoms. The molecule has 0 saturated carbocycles. The van der Waals surface area contributed by atoms with E-state index >= 15 is 0 Å². The Morgan fingerprint density at radius 2 is 2.08 bits per heavy atom. The molecule has 1 aromatic carbocycles. The highest BCUT2D eigenvalue weighted by molar-refractivity contribution is 5.93. The van der Waals surface area contributed by atoms with E-state index < -0.39 is 0 Å². The minimum atomic E-state index is -0.196. The van der Waals surface area contributed by atoms with E-state index in [1.807, 2.05) is 35.9 Å². The van der Waals surface area contributed by atoms with Crippen molar-refractivity contribution in [3.8, 4) is 5.75 Å². The highest BCUT2D eigenvalue weighted by Gasteiger charge is 2.28. The van der Waals surface area contributed by atoms with Crippen LogP contribution in [0.15, 0.2) is 24.3 Å². The molecule has 134 valence electrons. The van der Waals surface area contributed by atoms with Crippen molar-refractivity contribution >= 4 is 18.3 Å². The fourth-order valence-electron chi connectivity index (χ4n) is 3.46. The number of para-hydroxylation sites is 1. The van der Waals surface area contributed by atoms with Gasteiger partial charge in [0.1, 0.15) is 12.4 Å². The number of nitrogens with zero attached hydrogens (tertiary/aromatic N) is 3. The minimum absolute atomic E-state index is 0. The van der Waals surface area contributed by atoms with E-state index in [4.69, 9.17) is 4.74 Å². The SMILES string of the molecule is Cc1c(C(=O)NC2COc3ccccc32)nnn1C1CCNCC1.Cl. The van der Waals surface area contributed by atoms with Crippen LogP contribution >= 0.6 is 12.4 Å². The minimum Gasteiger partial charge on any atom is -0.491 e. The second-order valence-electron chi connectivity index (χ2n) is 6.32. The van der Waals surface area contributed by atoms with Gasteiger partial charge in [-0.25, -0.2) is 4.68 Å². The fraction of sp³-hybridized carbons (Fsp3) is 0.471. The van der Waals surface area contributed by atoms with Gasteiger partial charge in [0.2, 0.25) is 0 Å². The van der Waals surface area contributed by atoms with Crippen molar-refractivity contribution in [3.63, 3.8) is 0 Å². The zero-order valence-electron chi connectivity index (χ0n) is 14.1. The Kier molecular flexibility index (Phi) is 5.24. The molecule has 0 aliphatic carbocycles.